The van der Waals surface area contributed by atoms with Crippen LogP contribution in [0.15, 0.2) is 18.2 Å². The summed E-state index contributed by atoms with van der Waals surface area (Å²) >= 11 is 0. The van der Waals surface area contributed by atoms with E-state index in [-0.39, 0.29) is 12.1 Å². The van der Waals surface area contributed by atoms with Gasteiger partial charge >= 0.3 is 0 Å². The highest BCUT2D eigenvalue weighted by molar-refractivity contribution is 5.56. The molecule has 0 radical (unpaired) electrons. The van der Waals surface area contributed by atoms with Crippen LogP contribution in [-0.2, 0) is 6.42 Å². The fourth-order valence-electron chi connectivity index (χ4n) is 1.97. The first-order valence-electron chi connectivity index (χ1n) is 5.11. The van der Waals surface area contributed by atoms with Crippen LogP contribution >= 0.6 is 0 Å². The van der Waals surface area contributed by atoms with Crippen LogP contribution in [0.3, 0.4) is 0 Å². The molecule has 1 atom stereocenters. The summed E-state index contributed by atoms with van der Waals surface area (Å²) in [6, 6.07) is 6.44. The number of fused-ring (bicyclic) bond motifs is 1. The molecule has 1 aliphatic heterocycles. The summed E-state index contributed by atoms with van der Waals surface area (Å²) in [7, 11) is 0. The van der Waals surface area contributed by atoms with Crippen molar-refractivity contribution in [3.8, 4) is 0 Å². The van der Waals surface area contributed by atoms with Crippen LogP contribution in [0.5, 0.6) is 0 Å². The Hall–Kier alpha value is -1.02. The maximum Gasteiger partial charge on any atom is 0.0658 e. The van der Waals surface area contributed by atoms with Gasteiger partial charge in [0.2, 0.25) is 0 Å². The number of hydrogen-bond acceptors (Lipinski definition) is 2. The molecule has 0 saturated carbocycles. The van der Waals surface area contributed by atoms with Gasteiger partial charge in [0.05, 0.1) is 12.1 Å². The Bertz CT molecular complexity index is 348. The van der Waals surface area contributed by atoms with E-state index in [1.807, 2.05) is 0 Å². The van der Waals surface area contributed by atoms with Crippen LogP contribution in [0.25, 0.3) is 0 Å². The second-order valence-electron chi connectivity index (χ2n) is 4.50. The number of nitrogens with one attached hydrogen (secondary N) is 1. The van der Waals surface area contributed by atoms with Crippen molar-refractivity contribution >= 4 is 5.69 Å². The lowest BCUT2D eigenvalue weighted by Crippen LogP contribution is -2.42. The topological polar surface area (TPSA) is 32.3 Å². The van der Waals surface area contributed by atoms with Gasteiger partial charge < -0.3 is 10.4 Å². The van der Waals surface area contributed by atoms with Gasteiger partial charge in [0.1, 0.15) is 0 Å². The van der Waals surface area contributed by atoms with Crippen LogP contribution in [0.4, 0.5) is 5.69 Å². The number of anilines is 1. The summed E-state index contributed by atoms with van der Waals surface area (Å²) in [6.45, 7) is 4.37. The average Bonchev–Trinajstić information content (AvgIpc) is 2.19. The van der Waals surface area contributed by atoms with Crippen molar-refractivity contribution in [2.45, 2.75) is 32.2 Å². The van der Waals surface area contributed by atoms with E-state index >= 15 is 0 Å². The molecule has 2 rings (SSSR count). The number of aliphatic hydroxyl groups excluding tert-OH is 1. The molecule has 2 nitrogen and oxygen atoms in total. The standard InChI is InChI=1S/C12H17NO/c1-9-3-4-11-10(7-9)5-6-12(2,8-14)13-11/h3-4,7,13-14H,5-6,8H2,1-2H3. The van der Waals surface area contributed by atoms with Gasteiger partial charge in [0.25, 0.3) is 0 Å². The number of benzene rings is 1. The normalized spacial score (nSPS) is 25.4. The van der Waals surface area contributed by atoms with Gasteiger partial charge in [-0.15, -0.1) is 0 Å². The molecule has 14 heavy (non-hydrogen) atoms. The Kier molecular flexibility index (Phi) is 2.23. The number of rotatable bonds is 1. The summed E-state index contributed by atoms with van der Waals surface area (Å²) in [5.41, 5.74) is 3.72. The Labute approximate surface area is 85.0 Å². The number of aryl methyl sites for hydroxylation is 2. The van der Waals surface area contributed by atoms with Crippen molar-refractivity contribution in [2.75, 3.05) is 11.9 Å². The van der Waals surface area contributed by atoms with Gasteiger partial charge in [-0.1, -0.05) is 17.7 Å². The van der Waals surface area contributed by atoms with E-state index in [1.165, 1.54) is 16.8 Å². The highest BCUT2D eigenvalue weighted by atomic mass is 16.3. The van der Waals surface area contributed by atoms with E-state index in [0.717, 1.165) is 12.8 Å². The third-order valence-corrected chi connectivity index (χ3v) is 2.99. The molecule has 1 aromatic carbocycles. The Morgan fingerprint density at radius 3 is 3.00 bits per heavy atom. The third-order valence-electron chi connectivity index (χ3n) is 2.99. The molecule has 1 heterocycles. The molecule has 0 fully saturated rings. The van der Waals surface area contributed by atoms with E-state index in [1.54, 1.807) is 0 Å². The van der Waals surface area contributed by atoms with Crippen molar-refractivity contribution in [2.24, 2.45) is 0 Å². The Morgan fingerprint density at radius 1 is 1.50 bits per heavy atom. The maximum atomic E-state index is 9.27. The molecule has 1 aromatic rings. The number of aliphatic hydroxyl groups is 1. The smallest absolute Gasteiger partial charge is 0.0658 e. The zero-order chi connectivity index (χ0) is 10.2. The molecule has 1 unspecified atom stereocenters. The summed E-state index contributed by atoms with van der Waals surface area (Å²) < 4.78 is 0. The second-order valence-corrected chi connectivity index (χ2v) is 4.50. The van der Waals surface area contributed by atoms with Crippen molar-refractivity contribution in [1.82, 2.24) is 0 Å². The summed E-state index contributed by atoms with van der Waals surface area (Å²) in [5.74, 6) is 0. The predicted molar refractivity (Wildman–Crippen MR) is 58.6 cm³/mol. The lowest BCUT2D eigenvalue weighted by Gasteiger charge is -2.35. The fourth-order valence-corrected chi connectivity index (χ4v) is 1.97. The average molecular weight is 191 g/mol. The quantitative estimate of drug-likeness (QED) is 0.712. The van der Waals surface area contributed by atoms with Crippen LogP contribution < -0.4 is 5.32 Å². The van der Waals surface area contributed by atoms with Gasteiger partial charge in [0.15, 0.2) is 0 Å². The molecule has 2 N–H and O–H groups in total. The summed E-state index contributed by atoms with van der Waals surface area (Å²) in [6.07, 6.45) is 2.06. The van der Waals surface area contributed by atoms with E-state index in [0.29, 0.717) is 0 Å². The third kappa shape index (κ3) is 1.62. The number of hydrogen-bond donors (Lipinski definition) is 2. The molecule has 0 amide bonds. The van der Waals surface area contributed by atoms with E-state index in [4.69, 9.17) is 0 Å². The van der Waals surface area contributed by atoms with Gasteiger partial charge in [-0.05, 0) is 38.3 Å². The molecule has 2 heteroatoms. The molecular formula is C12H17NO. The van der Waals surface area contributed by atoms with Gasteiger partial charge in [-0.3, -0.25) is 0 Å². The van der Waals surface area contributed by atoms with Gasteiger partial charge in [-0.2, -0.15) is 0 Å². The first kappa shape index (κ1) is 9.53. The van der Waals surface area contributed by atoms with Crippen LogP contribution in [-0.4, -0.2) is 17.3 Å². The second kappa shape index (κ2) is 3.28. The maximum absolute atomic E-state index is 9.27. The lowest BCUT2D eigenvalue weighted by molar-refractivity contribution is 0.212. The molecule has 0 spiro atoms. The van der Waals surface area contributed by atoms with Gasteiger partial charge in [0, 0.05) is 5.69 Å². The molecule has 0 bridgehead atoms. The Morgan fingerprint density at radius 2 is 2.29 bits per heavy atom. The highest BCUT2D eigenvalue weighted by Gasteiger charge is 2.27. The zero-order valence-electron chi connectivity index (χ0n) is 8.80. The molecular weight excluding hydrogens is 174 g/mol. The minimum Gasteiger partial charge on any atom is -0.394 e. The minimum absolute atomic E-state index is 0.137. The van der Waals surface area contributed by atoms with E-state index < -0.39 is 0 Å². The molecule has 76 valence electrons. The monoisotopic (exact) mass is 191 g/mol. The minimum atomic E-state index is -0.137. The largest absolute Gasteiger partial charge is 0.394 e. The Balaban J connectivity index is 2.31. The van der Waals surface area contributed by atoms with Crippen LogP contribution in [0, 0.1) is 6.92 Å². The van der Waals surface area contributed by atoms with Gasteiger partial charge in [-0.25, -0.2) is 0 Å². The molecule has 0 saturated heterocycles. The van der Waals surface area contributed by atoms with Crippen molar-refractivity contribution in [3.63, 3.8) is 0 Å². The zero-order valence-corrected chi connectivity index (χ0v) is 8.80. The highest BCUT2D eigenvalue weighted by Crippen LogP contribution is 2.30. The lowest BCUT2D eigenvalue weighted by atomic mass is 9.88. The predicted octanol–water partition coefficient (Wildman–Crippen LogP) is 2.10. The van der Waals surface area contributed by atoms with Crippen LogP contribution in [0.1, 0.15) is 24.5 Å². The summed E-state index contributed by atoms with van der Waals surface area (Å²) in [5, 5.41) is 12.7. The van der Waals surface area contributed by atoms with Crippen molar-refractivity contribution < 1.29 is 5.11 Å². The van der Waals surface area contributed by atoms with Crippen molar-refractivity contribution in [1.29, 1.82) is 0 Å². The SMILES string of the molecule is Cc1ccc2c(c1)CCC(C)(CO)N2. The molecule has 1 aliphatic rings. The fraction of sp³-hybridized carbons (Fsp3) is 0.500. The molecule has 0 aromatic heterocycles. The van der Waals surface area contributed by atoms with E-state index in [9.17, 15) is 5.11 Å². The summed E-state index contributed by atoms with van der Waals surface area (Å²) in [4.78, 5) is 0. The molecule has 0 aliphatic carbocycles. The van der Waals surface area contributed by atoms with Crippen molar-refractivity contribution in [3.05, 3.63) is 29.3 Å². The van der Waals surface area contributed by atoms with Crippen LogP contribution in [0.2, 0.25) is 0 Å². The first-order chi connectivity index (χ1) is 6.63. The first-order valence-corrected chi connectivity index (χ1v) is 5.11. The van der Waals surface area contributed by atoms with E-state index in [2.05, 4.69) is 37.4 Å².